The van der Waals surface area contributed by atoms with Gasteiger partial charge in [0.15, 0.2) is 0 Å². The number of esters is 1. The average molecular weight is 422 g/mol. The molecule has 0 saturated carbocycles. The van der Waals surface area contributed by atoms with Gasteiger partial charge in [-0.3, -0.25) is 4.79 Å². The van der Waals surface area contributed by atoms with Gasteiger partial charge >= 0.3 is 5.97 Å². The van der Waals surface area contributed by atoms with Crippen LogP contribution in [0, 0.1) is 0 Å². The van der Waals surface area contributed by atoms with Gasteiger partial charge in [0.25, 0.3) is 10.0 Å². The number of piperidine rings is 1. The van der Waals surface area contributed by atoms with Gasteiger partial charge in [0.2, 0.25) is 16.8 Å². The summed E-state index contributed by atoms with van der Waals surface area (Å²) in [6.45, 7) is 3.97. The highest BCUT2D eigenvalue weighted by Gasteiger charge is 2.36. The van der Waals surface area contributed by atoms with Gasteiger partial charge in [0, 0.05) is 32.2 Å². The molecule has 2 fully saturated rings. The molecule has 0 aromatic carbocycles. The van der Waals surface area contributed by atoms with Crippen molar-refractivity contribution in [2.75, 3.05) is 39.3 Å². The number of rotatable bonds is 5. The molecule has 1 atom stereocenters. The normalized spacial score (nSPS) is 21.6. The molecular weight excluding hydrogens is 398 g/mol. The van der Waals surface area contributed by atoms with Gasteiger partial charge in [0.1, 0.15) is 0 Å². The Balaban J connectivity index is 0.00000261. The maximum absolute atomic E-state index is 12.9. The van der Waals surface area contributed by atoms with E-state index in [1.165, 1.54) is 16.4 Å². The quantitative estimate of drug-likeness (QED) is 0.688. The van der Waals surface area contributed by atoms with Crippen molar-refractivity contribution in [3.8, 4) is 0 Å². The summed E-state index contributed by atoms with van der Waals surface area (Å²) in [7, 11) is -3.87. The van der Waals surface area contributed by atoms with Crippen LogP contribution in [0.4, 0.5) is 0 Å². The second-order valence-corrected chi connectivity index (χ2v) is 8.13. The fraction of sp³-hybridized carbons (Fsp3) is 0.625. The fourth-order valence-electron chi connectivity index (χ4n) is 3.30. The first kappa shape index (κ1) is 21.7. The number of carbonyl (C=O) groups excluding carboxylic acids is 2. The number of hydrogen-bond acceptors (Lipinski definition) is 7. The molecule has 27 heavy (non-hydrogen) atoms. The summed E-state index contributed by atoms with van der Waals surface area (Å²) in [5, 5.41) is 2.73. The molecule has 2 saturated heterocycles. The Labute approximate surface area is 164 Å². The van der Waals surface area contributed by atoms with Gasteiger partial charge in [-0.25, -0.2) is 13.2 Å². The molecule has 1 N–H and O–H groups in total. The highest BCUT2D eigenvalue weighted by atomic mass is 35.5. The molecule has 152 valence electrons. The number of sulfonamides is 1. The van der Waals surface area contributed by atoms with Gasteiger partial charge in [-0.15, -0.1) is 12.4 Å². The lowest BCUT2D eigenvalue weighted by atomic mass is 10.1. The second kappa shape index (κ2) is 9.05. The number of halogens is 1. The molecule has 1 aromatic rings. The number of amides is 1. The van der Waals surface area contributed by atoms with E-state index in [0.717, 1.165) is 6.42 Å². The third kappa shape index (κ3) is 4.63. The fourth-order valence-corrected chi connectivity index (χ4v) is 4.73. The number of furan rings is 1. The Morgan fingerprint density at radius 2 is 2.15 bits per heavy atom. The van der Waals surface area contributed by atoms with Crippen LogP contribution in [0.3, 0.4) is 0 Å². The van der Waals surface area contributed by atoms with Crippen molar-refractivity contribution in [2.24, 2.45) is 0 Å². The summed E-state index contributed by atoms with van der Waals surface area (Å²) in [5.41, 5.74) is 0. The first-order chi connectivity index (χ1) is 12.4. The van der Waals surface area contributed by atoms with Crippen LogP contribution in [0.1, 0.15) is 30.3 Å². The van der Waals surface area contributed by atoms with Crippen molar-refractivity contribution in [1.29, 1.82) is 0 Å². The third-order valence-corrected chi connectivity index (χ3v) is 6.32. The number of nitrogens with one attached hydrogen (secondary N) is 1. The molecule has 1 amide bonds. The van der Waals surface area contributed by atoms with Crippen LogP contribution in [0.2, 0.25) is 0 Å². The van der Waals surface area contributed by atoms with E-state index >= 15 is 0 Å². The Kier molecular flexibility index (Phi) is 7.26. The molecule has 3 rings (SSSR count). The van der Waals surface area contributed by atoms with Gasteiger partial charge in [0.05, 0.1) is 13.2 Å². The molecule has 0 spiro atoms. The standard InChI is InChI=1S/C16H23N3O6S.ClH/c1-2-24-16(21)13-5-6-15(25-13)26(22,23)18-8-3-4-12(11-18)19-9-7-17-10-14(19)20;/h5-6,12,17H,2-4,7-11H2,1H3;1H. The molecule has 9 nitrogen and oxygen atoms in total. The highest BCUT2D eigenvalue weighted by molar-refractivity contribution is 7.89. The highest BCUT2D eigenvalue weighted by Crippen LogP contribution is 2.25. The minimum Gasteiger partial charge on any atom is -0.460 e. The number of hydrogen-bond donors (Lipinski definition) is 1. The molecule has 3 heterocycles. The van der Waals surface area contributed by atoms with Crippen LogP contribution in [0.15, 0.2) is 21.6 Å². The van der Waals surface area contributed by atoms with Gasteiger partial charge in [-0.2, -0.15) is 4.31 Å². The Morgan fingerprint density at radius 1 is 1.37 bits per heavy atom. The van der Waals surface area contributed by atoms with E-state index in [1.807, 2.05) is 0 Å². The minimum atomic E-state index is -3.87. The van der Waals surface area contributed by atoms with Gasteiger partial charge in [-0.05, 0) is 31.9 Å². The molecule has 1 aromatic heterocycles. The Morgan fingerprint density at radius 3 is 2.85 bits per heavy atom. The SMILES string of the molecule is CCOC(=O)c1ccc(S(=O)(=O)N2CCCC(N3CCNCC3=O)C2)o1.Cl. The third-order valence-electron chi connectivity index (χ3n) is 4.58. The van der Waals surface area contributed by atoms with E-state index < -0.39 is 16.0 Å². The van der Waals surface area contributed by atoms with Crippen molar-refractivity contribution >= 4 is 34.3 Å². The maximum Gasteiger partial charge on any atom is 0.374 e. The van der Waals surface area contributed by atoms with Crippen LogP contribution in [0.25, 0.3) is 0 Å². The molecule has 0 aliphatic carbocycles. The van der Waals surface area contributed by atoms with Crippen molar-refractivity contribution in [1.82, 2.24) is 14.5 Å². The predicted octanol–water partition coefficient (Wildman–Crippen LogP) is 0.463. The first-order valence-electron chi connectivity index (χ1n) is 8.70. The largest absolute Gasteiger partial charge is 0.460 e. The molecule has 0 radical (unpaired) electrons. The number of piperazine rings is 1. The molecule has 0 bridgehead atoms. The number of ether oxygens (including phenoxy) is 1. The van der Waals surface area contributed by atoms with Crippen molar-refractivity contribution < 1.29 is 27.2 Å². The van der Waals surface area contributed by atoms with E-state index in [4.69, 9.17) is 9.15 Å². The number of carbonyl (C=O) groups is 2. The lowest BCUT2D eigenvalue weighted by Crippen LogP contribution is -2.57. The van der Waals surface area contributed by atoms with E-state index in [9.17, 15) is 18.0 Å². The summed E-state index contributed by atoms with van der Waals surface area (Å²) in [4.78, 5) is 25.5. The van der Waals surface area contributed by atoms with E-state index in [-0.39, 0.29) is 54.9 Å². The molecule has 11 heteroatoms. The zero-order valence-corrected chi connectivity index (χ0v) is 16.7. The summed E-state index contributed by atoms with van der Waals surface area (Å²) in [5.74, 6) is -0.851. The topological polar surface area (TPSA) is 109 Å². The van der Waals surface area contributed by atoms with Crippen molar-refractivity contribution in [3.05, 3.63) is 17.9 Å². The van der Waals surface area contributed by atoms with Crippen LogP contribution in [0.5, 0.6) is 0 Å². The Hall–Kier alpha value is -1.62. The monoisotopic (exact) mass is 421 g/mol. The lowest BCUT2D eigenvalue weighted by molar-refractivity contribution is -0.135. The van der Waals surface area contributed by atoms with Gasteiger partial charge < -0.3 is 19.4 Å². The molecule has 2 aliphatic heterocycles. The minimum absolute atomic E-state index is 0. The van der Waals surface area contributed by atoms with Crippen LogP contribution in [-0.4, -0.2) is 74.9 Å². The van der Waals surface area contributed by atoms with Crippen LogP contribution >= 0.6 is 12.4 Å². The van der Waals surface area contributed by atoms with E-state index in [2.05, 4.69) is 5.32 Å². The zero-order valence-electron chi connectivity index (χ0n) is 15.0. The van der Waals surface area contributed by atoms with Gasteiger partial charge in [-0.1, -0.05) is 0 Å². The summed E-state index contributed by atoms with van der Waals surface area (Å²) >= 11 is 0. The summed E-state index contributed by atoms with van der Waals surface area (Å²) < 4.78 is 37.1. The van der Waals surface area contributed by atoms with Crippen molar-refractivity contribution in [2.45, 2.75) is 30.9 Å². The summed E-state index contributed by atoms with van der Waals surface area (Å²) in [6, 6.07) is 2.42. The number of nitrogens with zero attached hydrogens (tertiary/aromatic N) is 2. The molecule has 2 aliphatic rings. The summed E-state index contributed by atoms with van der Waals surface area (Å²) in [6.07, 6.45) is 1.43. The van der Waals surface area contributed by atoms with E-state index in [1.54, 1.807) is 11.8 Å². The smallest absolute Gasteiger partial charge is 0.374 e. The Bertz CT molecular complexity index is 781. The average Bonchev–Trinajstić information content (AvgIpc) is 3.13. The van der Waals surface area contributed by atoms with Crippen LogP contribution in [-0.2, 0) is 19.6 Å². The zero-order chi connectivity index (χ0) is 18.7. The lowest BCUT2D eigenvalue weighted by Gasteiger charge is -2.40. The molecular formula is C16H24ClN3O6S. The van der Waals surface area contributed by atoms with Crippen LogP contribution < -0.4 is 5.32 Å². The van der Waals surface area contributed by atoms with E-state index in [0.29, 0.717) is 26.1 Å². The molecule has 1 unspecified atom stereocenters. The second-order valence-electron chi connectivity index (χ2n) is 6.26. The predicted molar refractivity (Wildman–Crippen MR) is 98.3 cm³/mol. The first-order valence-corrected chi connectivity index (χ1v) is 10.1. The maximum atomic E-state index is 12.9. The van der Waals surface area contributed by atoms with Crippen molar-refractivity contribution in [3.63, 3.8) is 0 Å².